The van der Waals surface area contributed by atoms with E-state index in [0.717, 1.165) is 29.0 Å². The van der Waals surface area contributed by atoms with Crippen molar-refractivity contribution in [3.63, 3.8) is 0 Å². The molecule has 0 unspecified atom stereocenters. The van der Waals surface area contributed by atoms with Gasteiger partial charge in [-0.3, -0.25) is 14.3 Å². The van der Waals surface area contributed by atoms with Crippen molar-refractivity contribution in [2.24, 2.45) is 7.05 Å². The Morgan fingerprint density at radius 2 is 1.69 bits per heavy atom. The molecule has 1 N–H and O–H groups in total. The molecule has 0 spiro atoms. The van der Waals surface area contributed by atoms with Crippen LogP contribution >= 0.6 is 0 Å². The van der Waals surface area contributed by atoms with Gasteiger partial charge in [-0.25, -0.2) is 17.2 Å². The number of nitrogens with one attached hydrogen (secondary N) is 1. The highest BCUT2D eigenvalue weighted by atomic mass is 32.2. The van der Waals surface area contributed by atoms with Gasteiger partial charge in [-0.2, -0.15) is 0 Å². The van der Waals surface area contributed by atoms with E-state index in [9.17, 15) is 35.2 Å². The Morgan fingerprint density at radius 3 is 2.31 bits per heavy atom. The zero-order valence-corrected chi connectivity index (χ0v) is 18.8. The Bertz CT molecular complexity index is 1410. The first-order valence-electron chi connectivity index (χ1n) is 9.51. The van der Waals surface area contributed by atoms with E-state index in [0.29, 0.717) is 6.07 Å². The minimum absolute atomic E-state index is 0.0503. The van der Waals surface area contributed by atoms with Crippen molar-refractivity contribution < 1.29 is 44.6 Å². The molecule has 188 valence electrons. The van der Waals surface area contributed by atoms with Crippen molar-refractivity contribution in [2.75, 3.05) is 17.8 Å². The first kappa shape index (κ1) is 26.0. The Balaban J connectivity index is 2.09. The summed E-state index contributed by atoms with van der Waals surface area (Å²) >= 11 is 0. The number of ether oxygens (including phenoxy) is 3. The van der Waals surface area contributed by atoms with Crippen LogP contribution in [0.3, 0.4) is 0 Å². The van der Waals surface area contributed by atoms with E-state index in [-0.39, 0.29) is 28.3 Å². The molecule has 0 aliphatic rings. The summed E-state index contributed by atoms with van der Waals surface area (Å²) in [6, 6.07) is 7.52. The quantitative estimate of drug-likeness (QED) is 0.350. The molecule has 0 aliphatic heterocycles. The number of sulfonamides is 1. The van der Waals surface area contributed by atoms with E-state index in [2.05, 4.69) is 9.46 Å². The van der Waals surface area contributed by atoms with Gasteiger partial charge in [0, 0.05) is 36.1 Å². The third kappa shape index (κ3) is 7.16. The van der Waals surface area contributed by atoms with Crippen LogP contribution in [0.15, 0.2) is 53.5 Å². The van der Waals surface area contributed by atoms with E-state index in [4.69, 9.17) is 9.47 Å². The highest BCUT2D eigenvalue weighted by molar-refractivity contribution is 7.92. The number of alkyl halides is 3. The molecule has 3 rings (SSSR count). The number of benzene rings is 2. The lowest BCUT2D eigenvalue weighted by Crippen LogP contribution is -2.23. The Labute approximate surface area is 195 Å². The number of anilines is 1. The molecule has 0 aliphatic carbocycles. The Kier molecular flexibility index (Phi) is 7.36. The number of aryl methyl sites for hydroxylation is 1. The van der Waals surface area contributed by atoms with Crippen LogP contribution in [0, 0.1) is 11.6 Å². The molecule has 0 amide bonds. The summed E-state index contributed by atoms with van der Waals surface area (Å²) < 4.78 is 105. The van der Waals surface area contributed by atoms with E-state index in [1.54, 1.807) is 0 Å². The lowest BCUT2D eigenvalue weighted by atomic mass is 10.1. The van der Waals surface area contributed by atoms with E-state index in [1.165, 1.54) is 31.4 Å². The normalized spacial score (nSPS) is 11.9. The molecule has 35 heavy (non-hydrogen) atoms. The minimum atomic E-state index is -4.99. The zero-order chi connectivity index (χ0) is 26.0. The summed E-state index contributed by atoms with van der Waals surface area (Å²) in [4.78, 5) is 12.3. The minimum Gasteiger partial charge on any atom is -0.461 e. The molecule has 0 atom stereocenters. The number of hydrogen-bond acceptors (Lipinski definition) is 6. The topological polar surface area (TPSA) is 95.9 Å². The van der Waals surface area contributed by atoms with Gasteiger partial charge in [0.25, 0.3) is 5.56 Å². The second-order valence-corrected chi connectivity index (χ2v) is 8.87. The largest absolute Gasteiger partial charge is 0.525 e. The lowest BCUT2D eigenvalue weighted by Gasteiger charge is -2.16. The maximum absolute atomic E-state index is 14.2. The SMILES string of the molecule is Cn1cc(-c2cc(NS(C)(=O)=O)ccc2Oc2ccc(F)cc2F)cc(OCOC(F)(F)F)c1=O. The predicted octanol–water partition coefficient (Wildman–Crippen LogP) is 4.37. The average molecular weight is 520 g/mol. The highest BCUT2D eigenvalue weighted by Gasteiger charge is 2.29. The summed E-state index contributed by atoms with van der Waals surface area (Å²) in [6.45, 7) is -1.30. The van der Waals surface area contributed by atoms with Gasteiger partial charge in [-0.05, 0) is 36.4 Å². The van der Waals surface area contributed by atoms with Crippen LogP contribution in [0.4, 0.5) is 27.6 Å². The molecular formula is C21H17F5N2O6S. The van der Waals surface area contributed by atoms with Gasteiger partial charge in [-0.1, -0.05) is 0 Å². The maximum Gasteiger partial charge on any atom is 0.525 e. The summed E-state index contributed by atoms with van der Waals surface area (Å²) in [5.41, 5.74) is -0.508. The van der Waals surface area contributed by atoms with Gasteiger partial charge < -0.3 is 14.0 Å². The number of aromatic nitrogens is 1. The molecule has 3 aromatic rings. The molecule has 0 bridgehead atoms. The van der Waals surface area contributed by atoms with Crippen molar-refractivity contribution >= 4 is 15.7 Å². The summed E-state index contributed by atoms with van der Waals surface area (Å²) in [7, 11) is -2.41. The number of rotatable bonds is 8. The maximum atomic E-state index is 14.2. The monoisotopic (exact) mass is 520 g/mol. The van der Waals surface area contributed by atoms with E-state index in [1.807, 2.05) is 0 Å². The van der Waals surface area contributed by atoms with Crippen LogP contribution in [-0.2, 0) is 21.8 Å². The smallest absolute Gasteiger partial charge is 0.461 e. The molecule has 0 saturated heterocycles. The number of pyridine rings is 1. The fourth-order valence-electron chi connectivity index (χ4n) is 2.89. The first-order chi connectivity index (χ1) is 16.2. The fraction of sp³-hybridized carbons (Fsp3) is 0.190. The van der Waals surface area contributed by atoms with E-state index < -0.39 is 46.1 Å². The number of halogens is 5. The second kappa shape index (κ2) is 9.92. The van der Waals surface area contributed by atoms with Crippen LogP contribution in [0.25, 0.3) is 11.1 Å². The van der Waals surface area contributed by atoms with Gasteiger partial charge in [0.2, 0.25) is 10.0 Å². The molecule has 1 aromatic heterocycles. The van der Waals surface area contributed by atoms with Gasteiger partial charge in [0.1, 0.15) is 11.6 Å². The van der Waals surface area contributed by atoms with Crippen molar-refractivity contribution in [3.05, 3.63) is 70.6 Å². The fourth-order valence-corrected chi connectivity index (χ4v) is 3.45. The lowest BCUT2D eigenvalue weighted by molar-refractivity contribution is -0.341. The van der Waals surface area contributed by atoms with Crippen molar-refractivity contribution in [1.82, 2.24) is 4.57 Å². The van der Waals surface area contributed by atoms with Crippen molar-refractivity contribution in [1.29, 1.82) is 0 Å². The third-order valence-corrected chi connectivity index (χ3v) is 4.90. The van der Waals surface area contributed by atoms with Crippen molar-refractivity contribution in [3.8, 4) is 28.4 Å². The summed E-state index contributed by atoms with van der Waals surface area (Å²) in [6.07, 6.45) is -2.81. The standard InChI is InChI=1S/C21H17F5N2O6S/c1-28-10-12(7-19(20(28)29)32-11-33-21(24,25)26)15-9-14(27-35(2,30)31)4-6-17(15)34-18-5-3-13(22)8-16(18)23/h3-10,27H,11H2,1-2H3. The van der Waals surface area contributed by atoms with Crippen LogP contribution in [-0.4, -0.2) is 32.4 Å². The third-order valence-electron chi connectivity index (χ3n) is 4.30. The molecule has 2 aromatic carbocycles. The molecule has 0 fully saturated rings. The second-order valence-electron chi connectivity index (χ2n) is 7.12. The molecule has 0 radical (unpaired) electrons. The van der Waals surface area contributed by atoms with Crippen molar-refractivity contribution in [2.45, 2.75) is 6.36 Å². The molecule has 14 heteroatoms. The summed E-state index contributed by atoms with van der Waals surface area (Å²) in [5.74, 6) is -2.80. The first-order valence-corrected chi connectivity index (χ1v) is 11.4. The predicted molar refractivity (Wildman–Crippen MR) is 115 cm³/mol. The van der Waals surface area contributed by atoms with Crippen LogP contribution in [0.5, 0.6) is 17.2 Å². The van der Waals surface area contributed by atoms with Gasteiger partial charge in [0.05, 0.1) is 6.26 Å². The van der Waals surface area contributed by atoms with Crippen LogP contribution in [0.2, 0.25) is 0 Å². The van der Waals surface area contributed by atoms with Gasteiger partial charge in [-0.15, -0.1) is 13.2 Å². The van der Waals surface area contributed by atoms with Crippen LogP contribution < -0.4 is 19.8 Å². The number of nitrogens with zero attached hydrogens (tertiary/aromatic N) is 1. The molecule has 8 nitrogen and oxygen atoms in total. The van der Waals surface area contributed by atoms with Crippen LogP contribution in [0.1, 0.15) is 0 Å². The Hall–Kier alpha value is -3.65. The van der Waals surface area contributed by atoms with E-state index >= 15 is 0 Å². The van der Waals surface area contributed by atoms with Gasteiger partial charge >= 0.3 is 6.36 Å². The molecule has 0 saturated carbocycles. The Morgan fingerprint density at radius 1 is 1.00 bits per heavy atom. The summed E-state index contributed by atoms with van der Waals surface area (Å²) in [5, 5.41) is 0. The highest BCUT2D eigenvalue weighted by Crippen LogP contribution is 2.37. The molecule has 1 heterocycles. The molecular weight excluding hydrogens is 503 g/mol. The zero-order valence-electron chi connectivity index (χ0n) is 18.0. The average Bonchev–Trinajstić information content (AvgIpc) is 2.72. The van der Waals surface area contributed by atoms with Gasteiger partial charge in [0.15, 0.2) is 24.1 Å². The number of hydrogen-bond donors (Lipinski definition) is 1.